The molecule has 0 unspecified atom stereocenters. The molecule has 0 aliphatic heterocycles. The summed E-state index contributed by atoms with van der Waals surface area (Å²) < 4.78 is 10.6. The Kier molecular flexibility index (Phi) is 8.90. The SMILES string of the molecule is COc1ccc(OCCCC(=O)NCCSCC(=O)O)cc1. The van der Waals surface area contributed by atoms with Crippen LogP contribution in [0.5, 0.6) is 11.5 Å². The van der Waals surface area contributed by atoms with Gasteiger partial charge < -0.3 is 19.9 Å². The molecule has 122 valence electrons. The monoisotopic (exact) mass is 327 g/mol. The molecule has 0 aliphatic carbocycles. The maximum absolute atomic E-state index is 11.5. The molecule has 0 saturated carbocycles. The third kappa shape index (κ3) is 8.41. The molecule has 1 amide bonds. The van der Waals surface area contributed by atoms with Crippen LogP contribution in [-0.2, 0) is 9.59 Å². The molecule has 0 aromatic heterocycles. The Labute approximate surface area is 134 Å². The van der Waals surface area contributed by atoms with E-state index < -0.39 is 5.97 Å². The predicted octanol–water partition coefficient (Wildman–Crippen LogP) is 1.79. The minimum atomic E-state index is -0.841. The number of amides is 1. The number of ether oxygens (including phenoxy) is 2. The molecule has 2 N–H and O–H groups in total. The standard InChI is InChI=1S/C15H21NO5S/c1-20-12-4-6-13(7-5-12)21-9-2-3-14(17)16-8-10-22-11-15(18)19/h4-7H,2-3,8-11H2,1H3,(H,16,17)(H,18,19). The fraction of sp³-hybridized carbons (Fsp3) is 0.467. The van der Waals surface area contributed by atoms with Gasteiger partial charge in [-0.3, -0.25) is 9.59 Å². The molecule has 1 aromatic carbocycles. The van der Waals surface area contributed by atoms with Crippen LogP contribution in [0, 0.1) is 0 Å². The van der Waals surface area contributed by atoms with Gasteiger partial charge in [-0.25, -0.2) is 0 Å². The maximum atomic E-state index is 11.5. The summed E-state index contributed by atoms with van der Waals surface area (Å²) >= 11 is 1.28. The topological polar surface area (TPSA) is 84.9 Å². The van der Waals surface area contributed by atoms with Crippen LogP contribution in [0.4, 0.5) is 0 Å². The van der Waals surface area contributed by atoms with Crippen molar-refractivity contribution in [1.29, 1.82) is 0 Å². The molecule has 6 nitrogen and oxygen atoms in total. The lowest BCUT2D eigenvalue weighted by Crippen LogP contribution is -2.26. The highest BCUT2D eigenvalue weighted by atomic mass is 32.2. The third-order valence-corrected chi connectivity index (χ3v) is 3.61. The summed E-state index contributed by atoms with van der Waals surface area (Å²) in [6.07, 6.45) is 1.01. The lowest BCUT2D eigenvalue weighted by Gasteiger charge is -2.07. The van der Waals surface area contributed by atoms with Gasteiger partial charge in [0.2, 0.25) is 5.91 Å². The second-order valence-electron chi connectivity index (χ2n) is 4.42. The van der Waals surface area contributed by atoms with E-state index in [9.17, 15) is 9.59 Å². The number of carboxylic acids is 1. The van der Waals surface area contributed by atoms with Gasteiger partial charge in [0.05, 0.1) is 19.5 Å². The number of hydrogen-bond acceptors (Lipinski definition) is 5. The van der Waals surface area contributed by atoms with Gasteiger partial charge in [-0.1, -0.05) is 0 Å². The number of thioether (sulfide) groups is 1. The van der Waals surface area contributed by atoms with Gasteiger partial charge >= 0.3 is 5.97 Å². The van der Waals surface area contributed by atoms with Crippen LogP contribution in [-0.4, -0.2) is 48.8 Å². The van der Waals surface area contributed by atoms with Crippen molar-refractivity contribution in [1.82, 2.24) is 5.32 Å². The summed E-state index contributed by atoms with van der Waals surface area (Å²) in [5.41, 5.74) is 0. The summed E-state index contributed by atoms with van der Waals surface area (Å²) in [5, 5.41) is 11.2. The van der Waals surface area contributed by atoms with Crippen LogP contribution in [0.1, 0.15) is 12.8 Å². The zero-order valence-corrected chi connectivity index (χ0v) is 13.4. The first-order valence-corrected chi connectivity index (χ1v) is 8.10. The van der Waals surface area contributed by atoms with E-state index in [2.05, 4.69) is 5.32 Å². The van der Waals surface area contributed by atoms with Gasteiger partial charge in [0.1, 0.15) is 11.5 Å². The van der Waals surface area contributed by atoms with E-state index in [1.807, 2.05) is 24.3 Å². The fourth-order valence-electron chi connectivity index (χ4n) is 1.61. The predicted molar refractivity (Wildman–Crippen MR) is 85.7 cm³/mol. The molecule has 1 aromatic rings. The second-order valence-corrected chi connectivity index (χ2v) is 5.53. The number of rotatable bonds is 11. The minimum absolute atomic E-state index is 0.0470. The molecular weight excluding hydrogens is 306 g/mol. The highest BCUT2D eigenvalue weighted by molar-refractivity contribution is 7.99. The van der Waals surface area contributed by atoms with Crippen molar-refractivity contribution in [3.63, 3.8) is 0 Å². The molecule has 0 atom stereocenters. The Morgan fingerprint density at radius 1 is 1.23 bits per heavy atom. The van der Waals surface area contributed by atoms with E-state index >= 15 is 0 Å². The lowest BCUT2D eigenvalue weighted by atomic mass is 10.3. The molecule has 1 rings (SSSR count). The van der Waals surface area contributed by atoms with Crippen LogP contribution in [0.3, 0.4) is 0 Å². The minimum Gasteiger partial charge on any atom is -0.497 e. The van der Waals surface area contributed by atoms with Crippen LogP contribution >= 0.6 is 11.8 Å². The number of aliphatic carboxylic acids is 1. The summed E-state index contributed by atoms with van der Waals surface area (Å²) in [4.78, 5) is 21.8. The Hall–Kier alpha value is -1.89. The van der Waals surface area contributed by atoms with Crippen molar-refractivity contribution < 1.29 is 24.2 Å². The molecule has 0 aliphatic rings. The first kappa shape index (κ1) is 18.2. The van der Waals surface area contributed by atoms with Crippen molar-refractivity contribution in [2.75, 3.05) is 31.8 Å². The average Bonchev–Trinajstić information content (AvgIpc) is 2.51. The summed E-state index contributed by atoms with van der Waals surface area (Å²) in [7, 11) is 1.61. The Balaban J connectivity index is 2.03. The largest absolute Gasteiger partial charge is 0.497 e. The number of nitrogens with one attached hydrogen (secondary N) is 1. The Morgan fingerprint density at radius 3 is 2.55 bits per heavy atom. The number of carbonyl (C=O) groups is 2. The Bertz CT molecular complexity index is 464. The zero-order chi connectivity index (χ0) is 16.2. The Morgan fingerprint density at radius 2 is 1.91 bits per heavy atom. The number of hydrogen-bond donors (Lipinski definition) is 2. The van der Waals surface area contributed by atoms with Crippen molar-refractivity contribution in [3.8, 4) is 11.5 Å². The van der Waals surface area contributed by atoms with Crippen molar-refractivity contribution >= 4 is 23.6 Å². The first-order valence-electron chi connectivity index (χ1n) is 6.95. The van der Waals surface area contributed by atoms with Crippen LogP contribution in [0.2, 0.25) is 0 Å². The van der Waals surface area contributed by atoms with Crippen LogP contribution < -0.4 is 14.8 Å². The molecule has 0 fully saturated rings. The lowest BCUT2D eigenvalue weighted by molar-refractivity contribution is -0.133. The van der Waals surface area contributed by atoms with E-state index in [-0.39, 0.29) is 11.7 Å². The molecule has 0 bridgehead atoms. The van der Waals surface area contributed by atoms with Gasteiger partial charge in [-0.05, 0) is 30.7 Å². The van der Waals surface area contributed by atoms with E-state index in [1.165, 1.54) is 11.8 Å². The van der Waals surface area contributed by atoms with Gasteiger partial charge in [0, 0.05) is 18.7 Å². The van der Waals surface area contributed by atoms with Crippen molar-refractivity contribution in [2.45, 2.75) is 12.8 Å². The smallest absolute Gasteiger partial charge is 0.313 e. The highest BCUT2D eigenvalue weighted by Gasteiger charge is 2.02. The first-order chi connectivity index (χ1) is 10.6. The normalized spacial score (nSPS) is 10.0. The van der Waals surface area contributed by atoms with E-state index in [0.717, 1.165) is 11.5 Å². The summed E-state index contributed by atoms with van der Waals surface area (Å²) in [6.45, 7) is 0.948. The molecule has 0 radical (unpaired) electrons. The van der Waals surface area contributed by atoms with Crippen molar-refractivity contribution in [3.05, 3.63) is 24.3 Å². The van der Waals surface area contributed by atoms with E-state index in [1.54, 1.807) is 7.11 Å². The molecular formula is C15H21NO5S. The molecule has 7 heteroatoms. The van der Waals surface area contributed by atoms with Gasteiger partial charge in [-0.15, -0.1) is 11.8 Å². The molecule has 22 heavy (non-hydrogen) atoms. The molecule has 0 saturated heterocycles. The third-order valence-electron chi connectivity index (χ3n) is 2.67. The maximum Gasteiger partial charge on any atom is 0.313 e. The number of carboxylic acid groups (broad SMARTS) is 1. The van der Waals surface area contributed by atoms with Crippen LogP contribution in [0.25, 0.3) is 0 Å². The van der Waals surface area contributed by atoms with Crippen LogP contribution in [0.15, 0.2) is 24.3 Å². The van der Waals surface area contributed by atoms with E-state index in [4.69, 9.17) is 14.6 Å². The number of benzene rings is 1. The second kappa shape index (κ2) is 10.8. The van der Waals surface area contributed by atoms with E-state index in [0.29, 0.717) is 31.7 Å². The van der Waals surface area contributed by atoms with Crippen molar-refractivity contribution in [2.24, 2.45) is 0 Å². The van der Waals surface area contributed by atoms with Gasteiger partial charge in [0.25, 0.3) is 0 Å². The quantitative estimate of drug-likeness (QED) is 0.603. The fourth-order valence-corrected chi connectivity index (χ4v) is 2.17. The number of carbonyl (C=O) groups excluding carboxylic acids is 1. The zero-order valence-electron chi connectivity index (χ0n) is 12.5. The average molecular weight is 327 g/mol. The van der Waals surface area contributed by atoms with Gasteiger partial charge in [-0.2, -0.15) is 0 Å². The molecule has 0 spiro atoms. The number of methoxy groups -OCH3 is 1. The van der Waals surface area contributed by atoms with Gasteiger partial charge in [0.15, 0.2) is 0 Å². The highest BCUT2D eigenvalue weighted by Crippen LogP contribution is 2.17. The summed E-state index contributed by atoms with van der Waals surface area (Å²) in [5.74, 6) is 1.28. The molecule has 0 heterocycles. The summed E-state index contributed by atoms with van der Waals surface area (Å²) in [6, 6.07) is 7.27.